The van der Waals surface area contributed by atoms with E-state index in [0.29, 0.717) is 5.69 Å². The molecule has 0 saturated heterocycles. The normalized spacial score (nSPS) is 11.3. The van der Waals surface area contributed by atoms with E-state index in [1.165, 1.54) is 12.1 Å². The quantitative estimate of drug-likeness (QED) is 0.440. The number of benzene rings is 2. The highest BCUT2D eigenvalue weighted by Gasteiger charge is 2.34. The van der Waals surface area contributed by atoms with Gasteiger partial charge in [-0.3, -0.25) is 9.59 Å². The van der Waals surface area contributed by atoms with Crippen LogP contribution in [-0.2, 0) is 11.0 Å². The van der Waals surface area contributed by atoms with Crippen LogP contribution in [0.25, 0.3) is 11.3 Å². The fourth-order valence-electron chi connectivity index (χ4n) is 2.44. The van der Waals surface area contributed by atoms with E-state index in [9.17, 15) is 22.8 Å². The molecule has 0 radical (unpaired) electrons. The summed E-state index contributed by atoms with van der Waals surface area (Å²) < 4.78 is 39.3. The summed E-state index contributed by atoms with van der Waals surface area (Å²) >= 11 is 6.52. The van der Waals surface area contributed by atoms with Gasteiger partial charge in [0.25, 0.3) is 5.56 Å². The first-order valence-electron chi connectivity index (χ1n) is 8.18. The van der Waals surface area contributed by atoms with Gasteiger partial charge in [-0.1, -0.05) is 53.7 Å². The minimum Gasteiger partial charge on any atom is -0.325 e. The Kier molecular flexibility index (Phi) is 6.29. The van der Waals surface area contributed by atoms with E-state index in [0.717, 1.165) is 29.5 Å². The first-order valence-corrected chi connectivity index (χ1v) is 9.55. The lowest BCUT2D eigenvalue weighted by atomic mass is 10.1. The predicted molar refractivity (Wildman–Crippen MR) is 106 cm³/mol. The van der Waals surface area contributed by atoms with Crippen LogP contribution in [0.2, 0.25) is 5.02 Å². The number of aromatic amines is 1. The largest absolute Gasteiger partial charge is 0.418 e. The third-order valence-electron chi connectivity index (χ3n) is 3.69. The summed E-state index contributed by atoms with van der Waals surface area (Å²) in [6.07, 6.45) is -4.67. The van der Waals surface area contributed by atoms with E-state index in [1.54, 1.807) is 24.3 Å². The average molecular weight is 440 g/mol. The van der Waals surface area contributed by atoms with E-state index in [1.807, 2.05) is 6.07 Å². The number of thioether (sulfide) groups is 1. The third kappa shape index (κ3) is 5.61. The van der Waals surface area contributed by atoms with Crippen molar-refractivity contribution in [2.24, 2.45) is 0 Å². The second-order valence-corrected chi connectivity index (χ2v) is 7.23. The summed E-state index contributed by atoms with van der Waals surface area (Å²) in [5.74, 6) is -0.934. The van der Waals surface area contributed by atoms with Crippen LogP contribution >= 0.6 is 23.4 Å². The van der Waals surface area contributed by atoms with Gasteiger partial charge in [0.05, 0.1) is 22.7 Å². The number of carbonyl (C=O) groups is 1. The van der Waals surface area contributed by atoms with Gasteiger partial charge in [0.15, 0.2) is 5.16 Å². The molecule has 0 unspecified atom stereocenters. The zero-order valence-corrected chi connectivity index (χ0v) is 16.2. The van der Waals surface area contributed by atoms with Crippen molar-refractivity contribution in [3.8, 4) is 11.3 Å². The van der Waals surface area contributed by atoms with Gasteiger partial charge in [-0.05, 0) is 18.2 Å². The van der Waals surface area contributed by atoms with Gasteiger partial charge in [0.2, 0.25) is 5.91 Å². The lowest BCUT2D eigenvalue weighted by Gasteiger charge is -2.14. The molecule has 0 bridgehead atoms. The van der Waals surface area contributed by atoms with Crippen molar-refractivity contribution in [1.82, 2.24) is 9.97 Å². The van der Waals surface area contributed by atoms with E-state index in [2.05, 4.69) is 15.3 Å². The third-order valence-corrected chi connectivity index (χ3v) is 4.80. The van der Waals surface area contributed by atoms with Gasteiger partial charge in [0, 0.05) is 16.7 Å². The van der Waals surface area contributed by atoms with E-state index in [4.69, 9.17) is 11.6 Å². The molecule has 1 amide bonds. The van der Waals surface area contributed by atoms with Crippen molar-refractivity contribution in [1.29, 1.82) is 0 Å². The van der Waals surface area contributed by atoms with Crippen molar-refractivity contribution in [2.45, 2.75) is 11.3 Å². The molecule has 29 heavy (non-hydrogen) atoms. The molecule has 0 aliphatic heterocycles. The minimum atomic E-state index is -4.67. The van der Waals surface area contributed by atoms with Gasteiger partial charge < -0.3 is 10.3 Å². The average Bonchev–Trinajstić information content (AvgIpc) is 2.67. The van der Waals surface area contributed by atoms with Gasteiger partial charge >= 0.3 is 6.18 Å². The van der Waals surface area contributed by atoms with E-state index < -0.39 is 28.9 Å². The van der Waals surface area contributed by atoms with Crippen LogP contribution in [0.4, 0.5) is 18.9 Å². The van der Waals surface area contributed by atoms with Crippen LogP contribution in [0.1, 0.15) is 5.56 Å². The zero-order valence-electron chi connectivity index (χ0n) is 14.6. The molecule has 0 spiro atoms. The molecule has 5 nitrogen and oxygen atoms in total. The number of rotatable bonds is 5. The number of nitrogens with zero attached hydrogens (tertiary/aromatic N) is 1. The molecule has 2 N–H and O–H groups in total. The lowest BCUT2D eigenvalue weighted by molar-refractivity contribution is -0.137. The summed E-state index contributed by atoms with van der Waals surface area (Å²) in [4.78, 5) is 30.8. The Balaban J connectivity index is 1.72. The van der Waals surface area contributed by atoms with Crippen molar-refractivity contribution in [3.63, 3.8) is 0 Å². The molecule has 0 atom stereocenters. The number of alkyl halides is 3. The summed E-state index contributed by atoms with van der Waals surface area (Å²) in [6.45, 7) is 0. The first-order chi connectivity index (χ1) is 13.7. The smallest absolute Gasteiger partial charge is 0.325 e. The van der Waals surface area contributed by atoms with Crippen LogP contribution in [-0.4, -0.2) is 21.6 Å². The topological polar surface area (TPSA) is 74.8 Å². The maximum atomic E-state index is 13.1. The molecule has 0 aliphatic rings. The molecule has 0 aliphatic carbocycles. The number of nitrogens with one attached hydrogen (secondary N) is 2. The molecular formula is C19H13ClF3N3O2S. The fourth-order valence-corrected chi connectivity index (χ4v) is 3.29. The monoisotopic (exact) mass is 439 g/mol. The zero-order chi connectivity index (χ0) is 21.0. The Morgan fingerprint density at radius 1 is 1.14 bits per heavy atom. The summed E-state index contributed by atoms with van der Waals surface area (Å²) in [6, 6.07) is 13.4. The molecule has 10 heteroatoms. The SMILES string of the molecule is O=C(CSc1nc(-c2ccccc2)cc(=O)[nH]1)Nc1ccc(Cl)cc1C(F)(F)F. The first kappa shape index (κ1) is 20.9. The van der Waals surface area contributed by atoms with Gasteiger partial charge in [0.1, 0.15) is 0 Å². The number of hydrogen-bond acceptors (Lipinski definition) is 4. The molecule has 0 saturated carbocycles. The number of halogens is 4. The molecule has 0 fully saturated rings. The number of amides is 1. The minimum absolute atomic E-state index is 0.0933. The maximum Gasteiger partial charge on any atom is 0.418 e. The number of anilines is 1. The van der Waals surface area contributed by atoms with E-state index in [-0.39, 0.29) is 15.9 Å². The highest BCUT2D eigenvalue weighted by atomic mass is 35.5. The molecular weight excluding hydrogens is 427 g/mol. The second kappa shape index (κ2) is 8.71. The van der Waals surface area contributed by atoms with Crippen molar-refractivity contribution in [3.05, 3.63) is 75.5 Å². The fraction of sp³-hybridized carbons (Fsp3) is 0.105. The Bertz CT molecular complexity index is 1090. The summed E-state index contributed by atoms with van der Waals surface area (Å²) in [5.41, 5.74) is -0.693. The Hall–Kier alpha value is -2.78. The van der Waals surface area contributed by atoms with Gasteiger partial charge in [-0.15, -0.1) is 0 Å². The number of H-pyrrole nitrogens is 1. The van der Waals surface area contributed by atoms with Crippen LogP contribution in [0.15, 0.2) is 64.5 Å². The van der Waals surface area contributed by atoms with Crippen LogP contribution in [0.3, 0.4) is 0 Å². The van der Waals surface area contributed by atoms with Crippen LogP contribution < -0.4 is 10.9 Å². The highest BCUT2D eigenvalue weighted by molar-refractivity contribution is 7.99. The molecule has 2 aromatic carbocycles. The van der Waals surface area contributed by atoms with E-state index >= 15 is 0 Å². The summed E-state index contributed by atoms with van der Waals surface area (Å²) in [5, 5.41) is 2.30. The Labute approximate surface area is 172 Å². The summed E-state index contributed by atoms with van der Waals surface area (Å²) in [7, 11) is 0. The second-order valence-electron chi connectivity index (χ2n) is 5.83. The molecule has 3 aromatic rings. The molecule has 1 aromatic heterocycles. The van der Waals surface area contributed by atoms with Gasteiger partial charge in [-0.2, -0.15) is 13.2 Å². The Morgan fingerprint density at radius 2 is 1.86 bits per heavy atom. The Morgan fingerprint density at radius 3 is 2.55 bits per heavy atom. The van der Waals surface area contributed by atoms with Crippen molar-refractivity contribution < 1.29 is 18.0 Å². The standard InChI is InChI=1S/C19H13ClF3N3O2S/c20-12-6-7-14(13(8-12)19(21,22)23)24-17(28)10-29-18-25-15(9-16(27)26-18)11-4-2-1-3-5-11/h1-9H,10H2,(H,24,28)(H,25,26,27). The molecule has 1 heterocycles. The molecule has 150 valence electrons. The maximum absolute atomic E-state index is 13.1. The van der Waals surface area contributed by atoms with Crippen LogP contribution in [0.5, 0.6) is 0 Å². The van der Waals surface area contributed by atoms with Crippen molar-refractivity contribution >= 4 is 35.0 Å². The van der Waals surface area contributed by atoms with Crippen LogP contribution in [0, 0.1) is 0 Å². The number of hydrogen-bond donors (Lipinski definition) is 2. The van der Waals surface area contributed by atoms with Gasteiger partial charge in [-0.25, -0.2) is 4.98 Å². The lowest BCUT2D eigenvalue weighted by Crippen LogP contribution is -2.18. The number of aromatic nitrogens is 2. The van der Waals surface area contributed by atoms with Crippen molar-refractivity contribution in [2.75, 3.05) is 11.1 Å². The predicted octanol–water partition coefficient (Wildman–Crippen LogP) is 4.84. The highest BCUT2D eigenvalue weighted by Crippen LogP contribution is 2.36. The number of carbonyl (C=O) groups excluding carboxylic acids is 1. The molecule has 3 rings (SSSR count).